The first-order valence-corrected chi connectivity index (χ1v) is 6.17. The van der Waals surface area contributed by atoms with Gasteiger partial charge in [-0.3, -0.25) is 0 Å². The lowest BCUT2D eigenvalue weighted by Gasteiger charge is -2.27. The summed E-state index contributed by atoms with van der Waals surface area (Å²) in [4.78, 5) is 15.9. The first-order valence-electron chi connectivity index (χ1n) is 6.17. The van der Waals surface area contributed by atoms with Crippen LogP contribution in [0.4, 0.5) is 5.82 Å². The molecule has 1 aliphatic heterocycles. The summed E-state index contributed by atoms with van der Waals surface area (Å²) in [5, 5.41) is 0. The number of aryl methyl sites for hydroxylation is 3. The minimum Gasteiger partial charge on any atom is -0.378 e. The molecule has 18 heavy (non-hydrogen) atoms. The normalized spacial score (nSPS) is 16.5. The van der Waals surface area contributed by atoms with Crippen molar-refractivity contribution < 1.29 is 4.74 Å². The van der Waals surface area contributed by atoms with E-state index < -0.39 is 0 Å². The number of morpholine rings is 1. The Kier molecular flexibility index (Phi) is 2.66. The quantitative estimate of drug-likeness (QED) is 0.746. The molecule has 3 rings (SSSR count). The number of nitrogens with zero attached hydrogens (tertiary/aromatic N) is 5. The standard InChI is InChI=1S/C12H17N5O/c1-8-13-11-10(15-9(2)16(11)3)12(14-8)17-4-6-18-7-5-17/h4-7H2,1-3H3. The second kappa shape index (κ2) is 4.20. The predicted molar refractivity (Wildman–Crippen MR) is 68.8 cm³/mol. The van der Waals surface area contributed by atoms with Gasteiger partial charge in [0.05, 0.1) is 13.2 Å². The van der Waals surface area contributed by atoms with Gasteiger partial charge in [0.1, 0.15) is 11.6 Å². The summed E-state index contributed by atoms with van der Waals surface area (Å²) in [6.45, 7) is 7.13. The lowest BCUT2D eigenvalue weighted by molar-refractivity contribution is 0.122. The Labute approximate surface area is 106 Å². The van der Waals surface area contributed by atoms with E-state index in [-0.39, 0.29) is 0 Å². The molecule has 0 spiro atoms. The fourth-order valence-electron chi connectivity index (χ4n) is 2.26. The van der Waals surface area contributed by atoms with Crippen LogP contribution in [0.15, 0.2) is 0 Å². The molecule has 6 heteroatoms. The van der Waals surface area contributed by atoms with Crippen molar-refractivity contribution >= 4 is 17.0 Å². The Morgan fingerprint density at radius 3 is 2.50 bits per heavy atom. The van der Waals surface area contributed by atoms with Gasteiger partial charge in [0.2, 0.25) is 0 Å². The van der Waals surface area contributed by atoms with Crippen LogP contribution in [0, 0.1) is 13.8 Å². The smallest absolute Gasteiger partial charge is 0.165 e. The van der Waals surface area contributed by atoms with Crippen LogP contribution in [0.25, 0.3) is 11.2 Å². The average Bonchev–Trinajstić information content (AvgIpc) is 2.66. The third-order valence-electron chi connectivity index (χ3n) is 3.35. The number of fused-ring (bicyclic) bond motifs is 1. The van der Waals surface area contributed by atoms with E-state index >= 15 is 0 Å². The minimum atomic E-state index is 0.746. The van der Waals surface area contributed by atoms with Crippen molar-refractivity contribution in [1.82, 2.24) is 19.5 Å². The summed E-state index contributed by atoms with van der Waals surface area (Å²) in [6, 6.07) is 0. The van der Waals surface area contributed by atoms with Crippen LogP contribution in [-0.4, -0.2) is 45.8 Å². The van der Waals surface area contributed by atoms with Gasteiger partial charge in [-0.2, -0.15) is 0 Å². The number of aromatic nitrogens is 4. The van der Waals surface area contributed by atoms with E-state index in [9.17, 15) is 0 Å². The van der Waals surface area contributed by atoms with Gasteiger partial charge in [-0.25, -0.2) is 15.0 Å². The Hall–Kier alpha value is -1.69. The number of imidazole rings is 1. The number of rotatable bonds is 1. The zero-order chi connectivity index (χ0) is 12.7. The van der Waals surface area contributed by atoms with Crippen LogP contribution in [0.5, 0.6) is 0 Å². The highest BCUT2D eigenvalue weighted by Gasteiger charge is 2.19. The molecule has 1 fully saturated rings. The highest BCUT2D eigenvalue weighted by Crippen LogP contribution is 2.24. The summed E-state index contributed by atoms with van der Waals surface area (Å²) in [5.74, 6) is 2.68. The SMILES string of the molecule is Cc1nc(N2CCOCC2)c2nc(C)n(C)c2n1. The largest absolute Gasteiger partial charge is 0.378 e. The van der Waals surface area contributed by atoms with Gasteiger partial charge in [-0.05, 0) is 13.8 Å². The minimum absolute atomic E-state index is 0.746. The van der Waals surface area contributed by atoms with Gasteiger partial charge < -0.3 is 14.2 Å². The van der Waals surface area contributed by atoms with E-state index in [1.807, 2.05) is 25.5 Å². The maximum atomic E-state index is 5.38. The van der Waals surface area contributed by atoms with Gasteiger partial charge >= 0.3 is 0 Å². The Morgan fingerprint density at radius 1 is 1.06 bits per heavy atom. The maximum absolute atomic E-state index is 5.38. The number of hydrogen-bond acceptors (Lipinski definition) is 5. The molecular formula is C12H17N5O. The summed E-state index contributed by atoms with van der Waals surface area (Å²) in [5.41, 5.74) is 1.80. The molecule has 3 heterocycles. The van der Waals surface area contributed by atoms with Gasteiger partial charge in [-0.1, -0.05) is 0 Å². The number of anilines is 1. The third-order valence-corrected chi connectivity index (χ3v) is 3.35. The molecule has 2 aromatic rings. The second-order valence-corrected chi connectivity index (χ2v) is 4.58. The topological polar surface area (TPSA) is 56.1 Å². The van der Waals surface area contributed by atoms with Gasteiger partial charge in [-0.15, -0.1) is 0 Å². The lowest BCUT2D eigenvalue weighted by atomic mass is 10.3. The summed E-state index contributed by atoms with van der Waals surface area (Å²) >= 11 is 0. The Morgan fingerprint density at radius 2 is 1.78 bits per heavy atom. The average molecular weight is 247 g/mol. The molecule has 0 radical (unpaired) electrons. The van der Waals surface area contributed by atoms with E-state index in [2.05, 4.69) is 19.9 Å². The fourth-order valence-corrected chi connectivity index (χ4v) is 2.26. The number of hydrogen-bond donors (Lipinski definition) is 0. The number of ether oxygens (including phenoxy) is 1. The molecule has 0 amide bonds. The maximum Gasteiger partial charge on any atom is 0.165 e. The zero-order valence-corrected chi connectivity index (χ0v) is 11.0. The molecule has 1 aliphatic rings. The highest BCUT2D eigenvalue weighted by molar-refractivity contribution is 5.84. The molecule has 2 aromatic heterocycles. The van der Waals surface area contributed by atoms with Crippen LogP contribution in [0.3, 0.4) is 0 Å². The molecule has 96 valence electrons. The van der Waals surface area contributed by atoms with Crippen molar-refractivity contribution in [2.75, 3.05) is 31.2 Å². The molecule has 6 nitrogen and oxygen atoms in total. The summed E-state index contributed by atoms with van der Waals surface area (Å²) in [6.07, 6.45) is 0. The van der Waals surface area contributed by atoms with Gasteiger partial charge in [0.15, 0.2) is 17.0 Å². The van der Waals surface area contributed by atoms with Crippen LogP contribution >= 0.6 is 0 Å². The Bertz CT molecular complexity index is 586. The molecule has 0 aliphatic carbocycles. The highest BCUT2D eigenvalue weighted by atomic mass is 16.5. The second-order valence-electron chi connectivity index (χ2n) is 4.58. The first kappa shape index (κ1) is 11.4. The van der Waals surface area contributed by atoms with Crippen molar-refractivity contribution in [2.45, 2.75) is 13.8 Å². The van der Waals surface area contributed by atoms with Crippen LogP contribution in [-0.2, 0) is 11.8 Å². The molecule has 0 atom stereocenters. The molecule has 0 aromatic carbocycles. The van der Waals surface area contributed by atoms with Crippen LogP contribution in [0.2, 0.25) is 0 Å². The van der Waals surface area contributed by atoms with Crippen molar-refractivity contribution in [3.05, 3.63) is 11.6 Å². The monoisotopic (exact) mass is 247 g/mol. The summed E-state index contributed by atoms with van der Waals surface area (Å²) < 4.78 is 7.39. The third kappa shape index (κ3) is 1.73. The molecule has 0 saturated carbocycles. The van der Waals surface area contributed by atoms with E-state index in [4.69, 9.17) is 4.74 Å². The fraction of sp³-hybridized carbons (Fsp3) is 0.583. The van der Waals surface area contributed by atoms with Crippen LogP contribution < -0.4 is 4.90 Å². The van der Waals surface area contributed by atoms with Crippen LogP contribution in [0.1, 0.15) is 11.6 Å². The van der Waals surface area contributed by atoms with Crippen molar-refractivity contribution in [1.29, 1.82) is 0 Å². The van der Waals surface area contributed by atoms with Crippen molar-refractivity contribution in [3.8, 4) is 0 Å². The van der Waals surface area contributed by atoms with E-state index in [0.717, 1.165) is 54.9 Å². The molecule has 0 unspecified atom stereocenters. The van der Waals surface area contributed by atoms with Crippen molar-refractivity contribution in [2.24, 2.45) is 7.05 Å². The zero-order valence-electron chi connectivity index (χ0n) is 11.0. The molecule has 0 N–H and O–H groups in total. The van der Waals surface area contributed by atoms with E-state index in [0.29, 0.717) is 0 Å². The molecular weight excluding hydrogens is 230 g/mol. The van der Waals surface area contributed by atoms with Gasteiger partial charge in [0, 0.05) is 20.1 Å². The van der Waals surface area contributed by atoms with E-state index in [1.165, 1.54) is 0 Å². The Balaban J connectivity index is 2.17. The van der Waals surface area contributed by atoms with Gasteiger partial charge in [0.25, 0.3) is 0 Å². The predicted octanol–water partition coefficient (Wildman–Crippen LogP) is 0.817. The lowest BCUT2D eigenvalue weighted by Crippen LogP contribution is -2.37. The van der Waals surface area contributed by atoms with E-state index in [1.54, 1.807) is 0 Å². The molecule has 0 bridgehead atoms. The molecule has 1 saturated heterocycles. The first-order chi connectivity index (χ1) is 8.66. The van der Waals surface area contributed by atoms with Crippen molar-refractivity contribution in [3.63, 3.8) is 0 Å². The summed E-state index contributed by atoms with van der Waals surface area (Å²) in [7, 11) is 1.99.